The van der Waals surface area contributed by atoms with Gasteiger partial charge in [0.25, 0.3) is 0 Å². The number of anilines is 1. The van der Waals surface area contributed by atoms with Crippen LogP contribution in [0.15, 0.2) is 60.8 Å². The Morgan fingerprint density at radius 3 is 2.40 bits per heavy atom. The monoisotopic (exact) mass is 364 g/mol. The van der Waals surface area contributed by atoms with E-state index in [1.165, 1.54) is 6.07 Å². The van der Waals surface area contributed by atoms with Gasteiger partial charge in [0, 0.05) is 11.2 Å². The van der Waals surface area contributed by atoms with E-state index in [0.29, 0.717) is 10.7 Å². The fourth-order valence-electron chi connectivity index (χ4n) is 2.27. The molecule has 4 nitrogen and oxygen atoms in total. The zero-order valence-corrected chi connectivity index (χ0v) is 13.5. The number of hydrogen-bond donors (Lipinski definition) is 1. The van der Waals surface area contributed by atoms with Crippen LogP contribution in [0.4, 0.5) is 19.0 Å². The molecule has 1 N–H and O–H groups in total. The Hall–Kier alpha value is -2.67. The number of pyridine rings is 1. The predicted octanol–water partition coefficient (Wildman–Crippen LogP) is 4.75. The molecule has 1 unspecified atom stereocenters. The summed E-state index contributed by atoms with van der Waals surface area (Å²) >= 11 is 6.05. The third-order valence-corrected chi connectivity index (χ3v) is 3.65. The number of alkyl halides is 3. The second-order valence-corrected chi connectivity index (χ2v) is 5.62. The van der Waals surface area contributed by atoms with Crippen molar-refractivity contribution in [2.75, 3.05) is 5.32 Å². The summed E-state index contributed by atoms with van der Waals surface area (Å²) in [6, 6.07) is 14.2. The van der Waals surface area contributed by atoms with Gasteiger partial charge in [-0.3, -0.25) is 4.98 Å². The zero-order chi connectivity index (χ0) is 17.9. The third-order valence-electron chi connectivity index (χ3n) is 3.41. The number of halogens is 4. The van der Waals surface area contributed by atoms with E-state index < -0.39 is 17.9 Å². The van der Waals surface area contributed by atoms with E-state index in [4.69, 9.17) is 11.6 Å². The van der Waals surface area contributed by atoms with E-state index in [-0.39, 0.29) is 5.82 Å². The SMILES string of the molecule is FC(F)(F)c1ccc(NC(c2cccc(Cl)c2)c2ccccn2)nn1. The summed E-state index contributed by atoms with van der Waals surface area (Å²) in [4.78, 5) is 4.30. The van der Waals surface area contributed by atoms with Gasteiger partial charge in [-0.2, -0.15) is 13.2 Å². The zero-order valence-electron chi connectivity index (χ0n) is 12.7. The quantitative estimate of drug-likeness (QED) is 0.726. The first-order chi connectivity index (χ1) is 11.9. The van der Waals surface area contributed by atoms with Crippen LogP contribution >= 0.6 is 11.6 Å². The summed E-state index contributed by atoms with van der Waals surface area (Å²) in [6.07, 6.45) is -2.90. The van der Waals surface area contributed by atoms with Crippen molar-refractivity contribution in [3.05, 3.63) is 82.8 Å². The van der Waals surface area contributed by atoms with E-state index in [1.807, 2.05) is 12.1 Å². The number of rotatable bonds is 4. The van der Waals surface area contributed by atoms with E-state index in [9.17, 15) is 13.2 Å². The van der Waals surface area contributed by atoms with Crippen molar-refractivity contribution >= 4 is 17.4 Å². The molecule has 2 aromatic heterocycles. The van der Waals surface area contributed by atoms with Crippen molar-refractivity contribution < 1.29 is 13.2 Å². The fraction of sp³-hybridized carbons (Fsp3) is 0.118. The van der Waals surface area contributed by atoms with Crippen LogP contribution in [0.5, 0.6) is 0 Å². The minimum Gasteiger partial charge on any atom is -0.356 e. The number of benzene rings is 1. The molecule has 8 heteroatoms. The molecule has 1 aromatic carbocycles. The number of aromatic nitrogens is 3. The molecule has 0 saturated heterocycles. The molecule has 2 heterocycles. The molecule has 0 amide bonds. The fourth-order valence-corrected chi connectivity index (χ4v) is 2.47. The maximum atomic E-state index is 12.6. The number of nitrogens with one attached hydrogen (secondary N) is 1. The third kappa shape index (κ3) is 4.24. The first-order valence-electron chi connectivity index (χ1n) is 7.27. The molecule has 0 spiro atoms. The largest absolute Gasteiger partial charge is 0.435 e. The van der Waals surface area contributed by atoms with Crippen LogP contribution in [0.3, 0.4) is 0 Å². The smallest absolute Gasteiger partial charge is 0.356 e. The summed E-state index contributed by atoms with van der Waals surface area (Å²) in [6.45, 7) is 0. The minimum atomic E-state index is -4.53. The summed E-state index contributed by atoms with van der Waals surface area (Å²) < 4.78 is 37.8. The topological polar surface area (TPSA) is 50.7 Å². The molecule has 3 aromatic rings. The molecule has 25 heavy (non-hydrogen) atoms. The molecule has 0 aliphatic rings. The van der Waals surface area contributed by atoms with Crippen LogP contribution in [0.2, 0.25) is 5.02 Å². The van der Waals surface area contributed by atoms with Gasteiger partial charge >= 0.3 is 6.18 Å². The summed E-state index contributed by atoms with van der Waals surface area (Å²) in [7, 11) is 0. The molecule has 3 rings (SSSR count). The van der Waals surface area contributed by atoms with Crippen molar-refractivity contribution in [3.63, 3.8) is 0 Å². The van der Waals surface area contributed by atoms with Gasteiger partial charge in [-0.1, -0.05) is 29.8 Å². The van der Waals surface area contributed by atoms with Gasteiger partial charge in [0.15, 0.2) is 5.69 Å². The van der Waals surface area contributed by atoms with Crippen molar-refractivity contribution in [1.82, 2.24) is 15.2 Å². The van der Waals surface area contributed by atoms with Gasteiger partial charge in [0.2, 0.25) is 0 Å². The van der Waals surface area contributed by atoms with Crippen LogP contribution < -0.4 is 5.32 Å². The Balaban J connectivity index is 1.93. The average Bonchev–Trinajstić information content (AvgIpc) is 2.60. The van der Waals surface area contributed by atoms with Gasteiger partial charge in [0.05, 0.1) is 11.7 Å². The molecule has 1 atom stereocenters. The average molecular weight is 365 g/mol. The highest BCUT2D eigenvalue weighted by atomic mass is 35.5. The van der Waals surface area contributed by atoms with Crippen molar-refractivity contribution in [2.24, 2.45) is 0 Å². The highest BCUT2D eigenvalue weighted by Crippen LogP contribution is 2.29. The van der Waals surface area contributed by atoms with E-state index in [0.717, 1.165) is 11.6 Å². The molecular formula is C17H12ClF3N4. The van der Waals surface area contributed by atoms with Crippen LogP contribution in [0, 0.1) is 0 Å². The highest BCUT2D eigenvalue weighted by Gasteiger charge is 2.33. The maximum absolute atomic E-state index is 12.6. The second-order valence-electron chi connectivity index (χ2n) is 5.19. The summed E-state index contributed by atoms with van der Waals surface area (Å²) in [5.41, 5.74) is 0.426. The van der Waals surface area contributed by atoms with E-state index >= 15 is 0 Å². The van der Waals surface area contributed by atoms with Crippen LogP contribution in [0.1, 0.15) is 23.0 Å². The lowest BCUT2D eigenvalue weighted by Crippen LogP contribution is -2.16. The van der Waals surface area contributed by atoms with Crippen LogP contribution in [0.25, 0.3) is 0 Å². The molecule has 128 valence electrons. The lowest BCUT2D eigenvalue weighted by atomic mass is 10.0. The van der Waals surface area contributed by atoms with Gasteiger partial charge in [-0.05, 0) is 42.0 Å². The normalized spacial score (nSPS) is 12.6. The van der Waals surface area contributed by atoms with Crippen molar-refractivity contribution in [1.29, 1.82) is 0 Å². The maximum Gasteiger partial charge on any atom is 0.435 e. The van der Waals surface area contributed by atoms with Crippen molar-refractivity contribution in [2.45, 2.75) is 12.2 Å². The Labute approximate surface area is 146 Å². The first kappa shape index (κ1) is 17.2. The number of hydrogen-bond acceptors (Lipinski definition) is 4. The van der Waals surface area contributed by atoms with Crippen LogP contribution in [-0.2, 0) is 6.18 Å². The number of nitrogens with zero attached hydrogens (tertiary/aromatic N) is 3. The minimum absolute atomic E-state index is 0.198. The standard InChI is InChI=1S/C17H12ClF3N4/c18-12-5-3-4-11(10-12)16(13-6-1-2-9-22-13)23-15-8-7-14(24-25-15)17(19,20)21/h1-10,16H,(H,23,25). The molecule has 0 aliphatic carbocycles. The Bertz CT molecular complexity index is 839. The molecule has 0 radical (unpaired) electrons. The van der Waals surface area contributed by atoms with E-state index in [2.05, 4.69) is 20.5 Å². The molecular weight excluding hydrogens is 353 g/mol. The van der Waals surface area contributed by atoms with Crippen LogP contribution in [-0.4, -0.2) is 15.2 Å². The molecule has 0 aliphatic heterocycles. The summed E-state index contributed by atoms with van der Waals surface area (Å²) in [5.74, 6) is 0.198. The second kappa shape index (κ2) is 7.06. The molecule has 0 fully saturated rings. The lowest BCUT2D eigenvalue weighted by molar-refractivity contribution is -0.141. The Morgan fingerprint density at radius 1 is 0.960 bits per heavy atom. The van der Waals surface area contributed by atoms with Crippen molar-refractivity contribution in [3.8, 4) is 0 Å². The Morgan fingerprint density at radius 2 is 1.80 bits per heavy atom. The lowest BCUT2D eigenvalue weighted by Gasteiger charge is -2.19. The first-order valence-corrected chi connectivity index (χ1v) is 7.65. The van der Waals surface area contributed by atoms with Gasteiger partial charge in [-0.15, -0.1) is 10.2 Å². The molecule has 0 bridgehead atoms. The van der Waals surface area contributed by atoms with E-state index in [1.54, 1.807) is 36.5 Å². The molecule has 0 saturated carbocycles. The van der Waals surface area contributed by atoms with Gasteiger partial charge < -0.3 is 5.32 Å². The Kier molecular flexibility index (Phi) is 4.85. The highest BCUT2D eigenvalue weighted by molar-refractivity contribution is 6.30. The van der Waals surface area contributed by atoms with Gasteiger partial charge in [0.1, 0.15) is 5.82 Å². The summed E-state index contributed by atoms with van der Waals surface area (Å²) in [5, 5.41) is 10.4. The predicted molar refractivity (Wildman–Crippen MR) is 88.2 cm³/mol. The van der Waals surface area contributed by atoms with Gasteiger partial charge in [-0.25, -0.2) is 0 Å².